The Bertz CT molecular complexity index is 637. The fourth-order valence-corrected chi connectivity index (χ4v) is 1.80. The van der Waals surface area contributed by atoms with Crippen LogP contribution in [0.5, 0.6) is 11.6 Å². The van der Waals surface area contributed by atoms with Crippen LogP contribution in [-0.2, 0) is 7.05 Å². The summed E-state index contributed by atoms with van der Waals surface area (Å²) < 4.78 is 7.30. The van der Waals surface area contributed by atoms with Gasteiger partial charge in [-0.3, -0.25) is 0 Å². The highest BCUT2D eigenvalue weighted by Gasteiger charge is 2.12. The lowest BCUT2D eigenvalue weighted by molar-refractivity contribution is 0.318. The predicted octanol–water partition coefficient (Wildman–Crippen LogP) is 2.27. The van der Waals surface area contributed by atoms with E-state index in [1.54, 1.807) is 36.0 Å². The average Bonchev–Trinajstić information content (AvgIpc) is 2.67. The van der Waals surface area contributed by atoms with Crippen LogP contribution < -0.4 is 10.5 Å². The maximum Gasteiger partial charge on any atom is 0.217 e. The second kappa shape index (κ2) is 5.19. The van der Waals surface area contributed by atoms with E-state index in [1.165, 1.54) is 0 Å². The molecule has 0 atom stereocenters. The molecule has 0 unspecified atom stereocenters. The summed E-state index contributed by atoms with van der Waals surface area (Å²) in [5.74, 6) is 0.878. The van der Waals surface area contributed by atoms with Crippen molar-refractivity contribution in [1.82, 2.24) is 9.78 Å². The lowest BCUT2D eigenvalue weighted by atomic mass is 10.2. The Kier molecular flexibility index (Phi) is 3.62. The van der Waals surface area contributed by atoms with Crippen LogP contribution in [0.1, 0.15) is 11.3 Å². The Morgan fingerprint density at radius 2 is 2.21 bits per heavy atom. The summed E-state index contributed by atoms with van der Waals surface area (Å²) in [5.41, 5.74) is 6.87. The summed E-state index contributed by atoms with van der Waals surface area (Å²) >= 11 is 5.93. The van der Waals surface area contributed by atoms with Gasteiger partial charge in [-0.05, 0) is 19.1 Å². The highest BCUT2D eigenvalue weighted by atomic mass is 35.5. The van der Waals surface area contributed by atoms with Crippen molar-refractivity contribution in [2.75, 3.05) is 0 Å². The SMILES string of the molecule is Cc1cc(Oc2cc(Cl)ccc2/C(N)=N/O)n(C)n1. The van der Waals surface area contributed by atoms with Crippen molar-refractivity contribution in [3.8, 4) is 11.6 Å². The molecule has 0 radical (unpaired) electrons. The zero-order valence-electron chi connectivity index (χ0n) is 10.5. The monoisotopic (exact) mass is 280 g/mol. The average molecular weight is 281 g/mol. The Morgan fingerprint density at radius 1 is 1.47 bits per heavy atom. The summed E-state index contributed by atoms with van der Waals surface area (Å²) in [7, 11) is 1.76. The van der Waals surface area contributed by atoms with Crippen molar-refractivity contribution in [1.29, 1.82) is 0 Å². The van der Waals surface area contributed by atoms with Gasteiger partial charge in [-0.25, -0.2) is 4.68 Å². The molecule has 0 aliphatic heterocycles. The molecule has 0 bridgehead atoms. The second-order valence-corrected chi connectivity index (χ2v) is 4.41. The summed E-state index contributed by atoms with van der Waals surface area (Å²) in [6.07, 6.45) is 0. The fraction of sp³-hybridized carbons (Fsp3) is 0.167. The van der Waals surface area contributed by atoms with Gasteiger partial charge in [0.15, 0.2) is 5.84 Å². The van der Waals surface area contributed by atoms with E-state index >= 15 is 0 Å². The van der Waals surface area contributed by atoms with Crippen LogP contribution in [0.2, 0.25) is 5.02 Å². The van der Waals surface area contributed by atoms with Gasteiger partial charge in [0, 0.05) is 24.2 Å². The number of aryl methyl sites for hydroxylation is 2. The van der Waals surface area contributed by atoms with E-state index in [1.807, 2.05) is 6.92 Å². The molecule has 1 heterocycles. The lowest BCUT2D eigenvalue weighted by Gasteiger charge is -2.10. The molecule has 7 heteroatoms. The van der Waals surface area contributed by atoms with E-state index in [9.17, 15) is 0 Å². The number of nitrogens with two attached hydrogens (primary N) is 1. The smallest absolute Gasteiger partial charge is 0.217 e. The first kappa shape index (κ1) is 13.2. The van der Waals surface area contributed by atoms with Crippen molar-refractivity contribution in [3.05, 3.63) is 40.5 Å². The number of benzene rings is 1. The van der Waals surface area contributed by atoms with Gasteiger partial charge in [-0.15, -0.1) is 0 Å². The molecule has 1 aromatic carbocycles. The predicted molar refractivity (Wildman–Crippen MR) is 72.0 cm³/mol. The number of ether oxygens (including phenoxy) is 1. The Morgan fingerprint density at radius 3 is 2.79 bits per heavy atom. The number of hydrogen-bond acceptors (Lipinski definition) is 4. The molecule has 100 valence electrons. The molecule has 19 heavy (non-hydrogen) atoms. The van der Waals surface area contributed by atoms with Gasteiger partial charge >= 0.3 is 0 Å². The zero-order chi connectivity index (χ0) is 14.0. The van der Waals surface area contributed by atoms with Crippen LogP contribution in [0.4, 0.5) is 0 Å². The van der Waals surface area contributed by atoms with Crippen molar-refractivity contribution in [3.63, 3.8) is 0 Å². The first-order valence-electron chi connectivity index (χ1n) is 5.47. The summed E-state index contributed by atoms with van der Waals surface area (Å²) in [4.78, 5) is 0. The second-order valence-electron chi connectivity index (χ2n) is 3.98. The summed E-state index contributed by atoms with van der Waals surface area (Å²) in [6, 6.07) is 6.63. The molecule has 0 aliphatic carbocycles. The molecule has 0 saturated carbocycles. The van der Waals surface area contributed by atoms with Crippen molar-refractivity contribution in [2.24, 2.45) is 17.9 Å². The number of hydrogen-bond donors (Lipinski definition) is 2. The third kappa shape index (κ3) is 2.79. The third-order valence-electron chi connectivity index (χ3n) is 2.50. The van der Waals surface area contributed by atoms with E-state index in [0.29, 0.717) is 22.2 Å². The van der Waals surface area contributed by atoms with Gasteiger partial charge < -0.3 is 15.7 Å². The Hall–Kier alpha value is -2.21. The number of rotatable bonds is 3. The normalized spacial score (nSPS) is 11.6. The van der Waals surface area contributed by atoms with Gasteiger partial charge in [-0.2, -0.15) is 5.10 Å². The molecular weight excluding hydrogens is 268 g/mol. The third-order valence-corrected chi connectivity index (χ3v) is 2.74. The number of aromatic nitrogens is 2. The summed E-state index contributed by atoms with van der Waals surface area (Å²) in [6.45, 7) is 1.86. The number of amidine groups is 1. The number of oxime groups is 1. The summed E-state index contributed by atoms with van der Waals surface area (Å²) in [5, 5.41) is 16.4. The molecule has 0 aliphatic rings. The highest BCUT2D eigenvalue weighted by Crippen LogP contribution is 2.28. The molecule has 2 rings (SSSR count). The minimum Gasteiger partial charge on any atom is -0.438 e. The first-order valence-corrected chi connectivity index (χ1v) is 5.85. The largest absolute Gasteiger partial charge is 0.438 e. The van der Waals surface area contributed by atoms with Gasteiger partial charge in [0.1, 0.15) is 5.75 Å². The minimum atomic E-state index is -0.0504. The van der Waals surface area contributed by atoms with Gasteiger partial charge in [0.25, 0.3) is 0 Å². The maximum absolute atomic E-state index is 8.76. The van der Waals surface area contributed by atoms with Crippen LogP contribution >= 0.6 is 11.6 Å². The van der Waals surface area contributed by atoms with Crippen LogP contribution in [0.25, 0.3) is 0 Å². The number of nitrogens with zero attached hydrogens (tertiary/aromatic N) is 3. The highest BCUT2D eigenvalue weighted by molar-refractivity contribution is 6.30. The fourth-order valence-electron chi connectivity index (χ4n) is 1.64. The topological polar surface area (TPSA) is 85.7 Å². The first-order chi connectivity index (χ1) is 9.01. The van der Waals surface area contributed by atoms with E-state index < -0.39 is 0 Å². The minimum absolute atomic E-state index is 0.0504. The number of halogens is 1. The zero-order valence-corrected chi connectivity index (χ0v) is 11.2. The Balaban J connectivity index is 2.44. The van der Waals surface area contributed by atoms with Crippen molar-refractivity contribution < 1.29 is 9.94 Å². The van der Waals surface area contributed by atoms with Crippen molar-refractivity contribution in [2.45, 2.75) is 6.92 Å². The Labute approximate surface area is 115 Å². The molecule has 1 aromatic heterocycles. The molecule has 0 amide bonds. The molecule has 3 N–H and O–H groups in total. The van der Waals surface area contributed by atoms with E-state index in [2.05, 4.69) is 10.3 Å². The standard InChI is InChI=1S/C12H13ClN4O2/c1-7-5-11(17(2)15-7)19-10-6-8(13)3-4-9(10)12(14)16-18/h3-6,18H,1-2H3,(H2,14,16). The molecule has 0 spiro atoms. The van der Waals surface area contributed by atoms with E-state index in [4.69, 9.17) is 27.3 Å². The lowest BCUT2D eigenvalue weighted by Crippen LogP contribution is -2.14. The van der Waals surface area contributed by atoms with E-state index in [-0.39, 0.29) is 5.84 Å². The van der Waals surface area contributed by atoms with E-state index in [0.717, 1.165) is 5.69 Å². The molecule has 0 saturated heterocycles. The molecule has 0 fully saturated rings. The quantitative estimate of drug-likeness (QED) is 0.391. The van der Waals surface area contributed by atoms with Crippen LogP contribution in [0, 0.1) is 6.92 Å². The van der Waals surface area contributed by atoms with Crippen LogP contribution in [-0.4, -0.2) is 20.8 Å². The van der Waals surface area contributed by atoms with Crippen LogP contribution in [0.15, 0.2) is 29.4 Å². The van der Waals surface area contributed by atoms with Crippen LogP contribution in [0.3, 0.4) is 0 Å². The molecule has 2 aromatic rings. The van der Waals surface area contributed by atoms with Crippen molar-refractivity contribution >= 4 is 17.4 Å². The molecule has 6 nitrogen and oxygen atoms in total. The van der Waals surface area contributed by atoms with Gasteiger partial charge in [0.05, 0.1) is 11.3 Å². The van der Waals surface area contributed by atoms with Gasteiger partial charge in [0.2, 0.25) is 5.88 Å². The molecular formula is C12H13ClN4O2. The maximum atomic E-state index is 8.76. The van der Waals surface area contributed by atoms with Gasteiger partial charge in [-0.1, -0.05) is 16.8 Å².